The zero-order valence-corrected chi connectivity index (χ0v) is 12.0. The molecule has 0 bridgehead atoms. The van der Waals surface area contributed by atoms with Crippen LogP contribution in [0, 0.1) is 11.8 Å². The van der Waals surface area contributed by atoms with Gasteiger partial charge in [0.05, 0.1) is 18.6 Å². The molecule has 2 aliphatic rings. The van der Waals surface area contributed by atoms with Gasteiger partial charge < -0.3 is 15.2 Å². The van der Waals surface area contributed by atoms with E-state index in [1.807, 2.05) is 0 Å². The molecule has 2 rings (SSSR count). The minimum atomic E-state index is -0.783. The molecular formula is C14H24N2O4. The Bertz CT molecular complexity index is 361. The van der Waals surface area contributed by atoms with Crippen LogP contribution in [0.25, 0.3) is 0 Å². The Labute approximate surface area is 119 Å². The summed E-state index contributed by atoms with van der Waals surface area (Å²) < 4.78 is 5.63. The lowest BCUT2D eigenvalue weighted by Crippen LogP contribution is -2.48. The Morgan fingerprint density at radius 2 is 2.10 bits per heavy atom. The second-order valence-electron chi connectivity index (χ2n) is 5.68. The van der Waals surface area contributed by atoms with Crippen LogP contribution in [0.1, 0.15) is 26.2 Å². The van der Waals surface area contributed by atoms with Crippen LogP contribution in [0.5, 0.6) is 0 Å². The highest BCUT2D eigenvalue weighted by molar-refractivity contribution is 5.80. The third kappa shape index (κ3) is 3.93. The Balaban J connectivity index is 1.71. The highest BCUT2D eigenvalue weighted by Gasteiger charge is 2.34. The van der Waals surface area contributed by atoms with Crippen LogP contribution in [0.15, 0.2) is 0 Å². The van der Waals surface area contributed by atoms with Gasteiger partial charge in [-0.1, -0.05) is 6.92 Å². The Kier molecular flexibility index (Phi) is 5.37. The maximum atomic E-state index is 12.0. The van der Waals surface area contributed by atoms with E-state index in [-0.39, 0.29) is 23.8 Å². The third-order valence-electron chi connectivity index (χ3n) is 4.33. The third-order valence-corrected chi connectivity index (χ3v) is 4.33. The van der Waals surface area contributed by atoms with Gasteiger partial charge in [-0.3, -0.25) is 14.5 Å². The molecule has 6 heteroatoms. The minimum Gasteiger partial charge on any atom is -0.481 e. The molecule has 1 aliphatic carbocycles. The summed E-state index contributed by atoms with van der Waals surface area (Å²) in [4.78, 5) is 25.2. The summed E-state index contributed by atoms with van der Waals surface area (Å²) in [6, 6.07) is 0. The molecule has 2 fully saturated rings. The Hall–Kier alpha value is -1.14. The van der Waals surface area contributed by atoms with Crippen molar-refractivity contribution < 1.29 is 19.4 Å². The van der Waals surface area contributed by atoms with E-state index in [9.17, 15) is 9.59 Å². The van der Waals surface area contributed by atoms with E-state index in [0.717, 1.165) is 19.6 Å². The van der Waals surface area contributed by atoms with Gasteiger partial charge in [0.1, 0.15) is 0 Å². The molecule has 114 valence electrons. The second kappa shape index (κ2) is 7.04. The summed E-state index contributed by atoms with van der Waals surface area (Å²) in [5.41, 5.74) is 0. The van der Waals surface area contributed by atoms with Gasteiger partial charge in [-0.2, -0.15) is 0 Å². The van der Waals surface area contributed by atoms with Crippen molar-refractivity contribution in [1.82, 2.24) is 10.2 Å². The number of hydrogen-bond donors (Lipinski definition) is 2. The molecule has 1 aliphatic heterocycles. The van der Waals surface area contributed by atoms with E-state index < -0.39 is 5.97 Å². The monoisotopic (exact) mass is 284 g/mol. The molecular weight excluding hydrogens is 260 g/mol. The second-order valence-corrected chi connectivity index (χ2v) is 5.68. The Morgan fingerprint density at radius 1 is 1.35 bits per heavy atom. The SMILES string of the molecule is CCN1CCOC(CNC(=O)[C@@H]2CC[C@H](C(=O)O)C2)C1. The van der Waals surface area contributed by atoms with Gasteiger partial charge in [0.2, 0.25) is 5.91 Å². The maximum Gasteiger partial charge on any atom is 0.306 e. The number of carbonyl (C=O) groups is 2. The molecule has 6 nitrogen and oxygen atoms in total. The lowest BCUT2D eigenvalue weighted by atomic mass is 10.0. The van der Waals surface area contributed by atoms with Crippen LogP contribution >= 0.6 is 0 Å². The highest BCUT2D eigenvalue weighted by atomic mass is 16.5. The first-order valence-corrected chi connectivity index (χ1v) is 7.44. The van der Waals surface area contributed by atoms with Crippen molar-refractivity contribution in [3.05, 3.63) is 0 Å². The molecule has 1 saturated heterocycles. The first-order valence-electron chi connectivity index (χ1n) is 7.44. The van der Waals surface area contributed by atoms with Crippen LogP contribution in [0.3, 0.4) is 0 Å². The Morgan fingerprint density at radius 3 is 2.75 bits per heavy atom. The number of morpholine rings is 1. The van der Waals surface area contributed by atoms with Crippen molar-refractivity contribution in [1.29, 1.82) is 0 Å². The minimum absolute atomic E-state index is 0.0222. The molecule has 1 saturated carbocycles. The van der Waals surface area contributed by atoms with E-state index >= 15 is 0 Å². The van der Waals surface area contributed by atoms with E-state index in [2.05, 4.69) is 17.1 Å². The number of rotatable bonds is 5. The van der Waals surface area contributed by atoms with E-state index in [1.165, 1.54) is 0 Å². The van der Waals surface area contributed by atoms with Crippen LogP contribution in [-0.4, -0.2) is 60.8 Å². The van der Waals surface area contributed by atoms with Gasteiger partial charge in [-0.25, -0.2) is 0 Å². The van der Waals surface area contributed by atoms with Crippen molar-refractivity contribution in [3.63, 3.8) is 0 Å². The molecule has 2 N–H and O–H groups in total. The molecule has 0 radical (unpaired) electrons. The number of aliphatic carboxylic acids is 1. The largest absolute Gasteiger partial charge is 0.481 e. The van der Waals surface area contributed by atoms with Gasteiger partial charge in [0, 0.05) is 25.6 Å². The maximum absolute atomic E-state index is 12.0. The van der Waals surface area contributed by atoms with Gasteiger partial charge in [-0.15, -0.1) is 0 Å². The van der Waals surface area contributed by atoms with Crippen LogP contribution in [0.4, 0.5) is 0 Å². The van der Waals surface area contributed by atoms with E-state index in [0.29, 0.717) is 32.4 Å². The number of amides is 1. The topological polar surface area (TPSA) is 78.9 Å². The number of nitrogens with one attached hydrogen (secondary N) is 1. The summed E-state index contributed by atoms with van der Waals surface area (Å²) in [6.07, 6.45) is 1.80. The van der Waals surface area contributed by atoms with Gasteiger partial charge in [0.25, 0.3) is 0 Å². The number of nitrogens with zero attached hydrogens (tertiary/aromatic N) is 1. The molecule has 0 aromatic carbocycles. The van der Waals surface area contributed by atoms with Crippen molar-refractivity contribution in [2.24, 2.45) is 11.8 Å². The molecule has 1 heterocycles. The van der Waals surface area contributed by atoms with Gasteiger partial charge >= 0.3 is 5.97 Å². The van der Waals surface area contributed by atoms with Crippen LogP contribution < -0.4 is 5.32 Å². The summed E-state index contributed by atoms with van der Waals surface area (Å²) >= 11 is 0. The average molecular weight is 284 g/mol. The fraction of sp³-hybridized carbons (Fsp3) is 0.857. The number of carbonyl (C=O) groups excluding carboxylic acids is 1. The molecule has 1 unspecified atom stereocenters. The van der Waals surface area contributed by atoms with E-state index in [4.69, 9.17) is 9.84 Å². The molecule has 0 aromatic rings. The zero-order valence-electron chi connectivity index (χ0n) is 12.0. The van der Waals surface area contributed by atoms with Crippen molar-refractivity contribution in [2.45, 2.75) is 32.3 Å². The number of hydrogen-bond acceptors (Lipinski definition) is 4. The lowest BCUT2D eigenvalue weighted by Gasteiger charge is -2.32. The number of likely N-dealkylation sites (N-methyl/N-ethyl adjacent to an activating group) is 1. The van der Waals surface area contributed by atoms with Crippen molar-refractivity contribution >= 4 is 11.9 Å². The number of carboxylic acids is 1. The van der Waals surface area contributed by atoms with Crippen LogP contribution in [0.2, 0.25) is 0 Å². The van der Waals surface area contributed by atoms with Crippen LogP contribution in [-0.2, 0) is 14.3 Å². The molecule has 0 spiro atoms. The van der Waals surface area contributed by atoms with E-state index in [1.54, 1.807) is 0 Å². The van der Waals surface area contributed by atoms with Crippen molar-refractivity contribution in [2.75, 3.05) is 32.8 Å². The summed E-state index contributed by atoms with van der Waals surface area (Å²) in [6.45, 7) is 6.13. The number of carboxylic acid groups (broad SMARTS) is 1. The first kappa shape index (κ1) is 15.3. The molecule has 1 amide bonds. The molecule has 0 aromatic heterocycles. The molecule has 20 heavy (non-hydrogen) atoms. The summed E-state index contributed by atoms with van der Waals surface area (Å²) in [5, 5.41) is 11.9. The molecule has 3 atom stereocenters. The highest BCUT2D eigenvalue weighted by Crippen LogP contribution is 2.31. The fourth-order valence-corrected chi connectivity index (χ4v) is 2.99. The lowest BCUT2D eigenvalue weighted by molar-refractivity contribution is -0.141. The van der Waals surface area contributed by atoms with Crippen molar-refractivity contribution in [3.8, 4) is 0 Å². The summed E-state index contributed by atoms with van der Waals surface area (Å²) in [7, 11) is 0. The first-order chi connectivity index (χ1) is 9.60. The predicted octanol–water partition coefficient (Wildman–Crippen LogP) is 0.324. The smallest absolute Gasteiger partial charge is 0.306 e. The van der Waals surface area contributed by atoms with Gasteiger partial charge in [-0.05, 0) is 25.8 Å². The number of ether oxygens (including phenoxy) is 1. The predicted molar refractivity (Wildman–Crippen MR) is 73.3 cm³/mol. The quantitative estimate of drug-likeness (QED) is 0.760. The average Bonchev–Trinajstić information content (AvgIpc) is 2.95. The zero-order chi connectivity index (χ0) is 14.5. The van der Waals surface area contributed by atoms with Gasteiger partial charge in [0.15, 0.2) is 0 Å². The normalized spacial score (nSPS) is 31.1. The standard InChI is InChI=1S/C14H24N2O4/c1-2-16-5-6-20-12(9-16)8-15-13(17)10-3-4-11(7-10)14(18)19/h10-12H,2-9H2,1H3,(H,15,17)(H,18,19)/t10-,11+,12?/m1/s1. The summed E-state index contributed by atoms with van der Waals surface area (Å²) in [5.74, 6) is -1.31. The fourth-order valence-electron chi connectivity index (χ4n) is 2.99.